The third-order valence-electron chi connectivity index (χ3n) is 3.72. The van der Waals surface area contributed by atoms with Gasteiger partial charge in [-0.1, -0.05) is 20.3 Å². The first-order valence-electron chi connectivity index (χ1n) is 7.88. The molecule has 0 spiro atoms. The molecule has 0 fully saturated rings. The fraction of sp³-hybridized carbons (Fsp3) is 0.588. The van der Waals surface area contributed by atoms with Crippen LogP contribution in [0.1, 0.15) is 57.3 Å². The molecule has 1 aromatic carbocycles. The van der Waals surface area contributed by atoms with Crippen molar-refractivity contribution in [1.82, 2.24) is 0 Å². The summed E-state index contributed by atoms with van der Waals surface area (Å²) in [6.45, 7) is 9.71. The number of esters is 1. The van der Waals surface area contributed by atoms with Gasteiger partial charge >= 0.3 is 5.97 Å². The Balaban J connectivity index is 3.01. The molecule has 1 unspecified atom stereocenters. The SMILES string of the molecule is CCCCN(c1ccc(C(=O)OCC)cc1N)C(C)CC. The Kier molecular flexibility index (Phi) is 7.06. The summed E-state index contributed by atoms with van der Waals surface area (Å²) in [5, 5.41) is 0. The summed E-state index contributed by atoms with van der Waals surface area (Å²) in [5.74, 6) is -0.320. The molecule has 0 aliphatic rings. The maximum absolute atomic E-state index is 11.7. The molecule has 2 N–H and O–H groups in total. The van der Waals surface area contributed by atoms with Crippen molar-refractivity contribution in [3.8, 4) is 0 Å². The summed E-state index contributed by atoms with van der Waals surface area (Å²) in [4.78, 5) is 14.1. The van der Waals surface area contributed by atoms with Crippen LogP contribution < -0.4 is 10.6 Å². The molecule has 0 aliphatic heterocycles. The van der Waals surface area contributed by atoms with Crippen LogP contribution in [0.4, 0.5) is 11.4 Å². The smallest absolute Gasteiger partial charge is 0.338 e. The average Bonchev–Trinajstić information content (AvgIpc) is 2.48. The molecule has 0 aliphatic carbocycles. The second kappa shape index (κ2) is 8.55. The molecule has 0 aromatic heterocycles. The number of carbonyl (C=O) groups excluding carboxylic acids is 1. The van der Waals surface area contributed by atoms with E-state index in [2.05, 4.69) is 25.7 Å². The highest BCUT2D eigenvalue weighted by Crippen LogP contribution is 2.27. The van der Waals surface area contributed by atoms with Crippen LogP contribution in [-0.2, 0) is 4.74 Å². The van der Waals surface area contributed by atoms with Gasteiger partial charge in [0.25, 0.3) is 0 Å². The lowest BCUT2D eigenvalue weighted by Crippen LogP contribution is -2.34. The van der Waals surface area contributed by atoms with Gasteiger partial charge in [0.2, 0.25) is 0 Å². The standard InChI is InChI=1S/C17H28N2O2/c1-5-8-11-19(13(4)6-2)16-10-9-14(12-15(16)18)17(20)21-7-3/h9-10,12-13H,5-8,11,18H2,1-4H3. The van der Waals surface area contributed by atoms with E-state index in [1.165, 1.54) is 0 Å². The second-order valence-electron chi connectivity index (χ2n) is 5.30. The summed E-state index contributed by atoms with van der Waals surface area (Å²) in [6, 6.07) is 5.87. The van der Waals surface area contributed by atoms with Gasteiger partial charge in [0.15, 0.2) is 0 Å². The number of ether oxygens (including phenoxy) is 1. The summed E-state index contributed by atoms with van der Waals surface area (Å²) in [6.07, 6.45) is 3.33. The van der Waals surface area contributed by atoms with E-state index in [-0.39, 0.29) is 5.97 Å². The molecule has 1 atom stereocenters. The summed E-state index contributed by atoms with van der Waals surface area (Å²) >= 11 is 0. The summed E-state index contributed by atoms with van der Waals surface area (Å²) in [5.41, 5.74) is 8.32. The minimum absolute atomic E-state index is 0.320. The van der Waals surface area contributed by atoms with Gasteiger partial charge < -0.3 is 15.4 Å². The van der Waals surface area contributed by atoms with E-state index in [1.807, 2.05) is 6.07 Å². The monoisotopic (exact) mass is 292 g/mol. The number of nitrogens with two attached hydrogens (primary N) is 1. The van der Waals surface area contributed by atoms with E-state index in [1.54, 1.807) is 19.1 Å². The largest absolute Gasteiger partial charge is 0.462 e. The molecule has 0 saturated heterocycles. The Bertz CT molecular complexity index is 460. The molecule has 0 radical (unpaired) electrons. The van der Waals surface area contributed by atoms with Crippen molar-refractivity contribution in [2.45, 2.75) is 53.0 Å². The fourth-order valence-corrected chi connectivity index (χ4v) is 2.28. The number of hydrogen-bond donors (Lipinski definition) is 1. The van der Waals surface area contributed by atoms with Crippen molar-refractivity contribution in [2.75, 3.05) is 23.8 Å². The topological polar surface area (TPSA) is 55.6 Å². The van der Waals surface area contributed by atoms with Crippen LogP contribution >= 0.6 is 0 Å². The minimum atomic E-state index is -0.320. The van der Waals surface area contributed by atoms with Crippen molar-refractivity contribution in [3.63, 3.8) is 0 Å². The van der Waals surface area contributed by atoms with Gasteiger partial charge in [0.1, 0.15) is 0 Å². The van der Waals surface area contributed by atoms with Crippen LogP contribution in [0.2, 0.25) is 0 Å². The number of nitrogens with zero attached hydrogens (tertiary/aromatic N) is 1. The molecule has 0 saturated carbocycles. The predicted octanol–water partition coefficient (Wildman–Crippen LogP) is 3.85. The zero-order valence-electron chi connectivity index (χ0n) is 13.7. The lowest BCUT2D eigenvalue weighted by Gasteiger charge is -2.32. The Morgan fingerprint density at radius 3 is 2.57 bits per heavy atom. The molecule has 0 heterocycles. The zero-order valence-corrected chi connectivity index (χ0v) is 13.7. The van der Waals surface area contributed by atoms with Crippen LogP contribution in [0.5, 0.6) is 0 Å². The van der Waals surface area contributed by atoms with Gasteiger partial charge in [0.05, 0.1) is 23.5 Å². The Morgan fingerprint density at radius 1 is 1.33 bits per heavy atom. The third kappa shape index (κ3) is 4.66. The van der Waals surface area contributed by atoms with Gasteiger partial charge in [-0.2, -0.15) is 0 Å². The highest BCUT2D eigenvalue weighted by Gasteiger charge is 2.17. The number of anilines is 2. The molecule has 1 rings (SSSR count). The van der Waals surface area contributed by atoms with Crippen LogP contribution in [-0.4, -0.2) is 25.2 Å². The van der Waals surface area contributed by atoms with E-state index in [0.29, 0.717) is 23.9 Å². The molecule has 0 amide bonds. The van der Waals surface area contributed by atoms with Crippen molar-refractivity contribution >= 4 is 17.3 Å². The van der Waals surface area contributed by atoms with Gasteiger partial charge in [-0.3, -0.25) is 0 Å². The molecular formula is C17H28N2O2. The van der Waals surface area contributed by atoms with Gasteiger partial charge in [-0.15, -0.1) is 0 Å². The Morgan fingerprint density at radius 2 is 2.05 bits per heavy atom. The van der Waals surface area contributed by atoms with E-state index in [9.17, 15) is 4.79 Å². The van der Waals surface area contributed by atoms with E-state index >= 15 is 0 Å². The van der Waals surface area contributed by atoms with Gasteiger partial charge in [0, 0.05) is 12.6 Å². The number of unbranched alkanes of at least 4 members (excludes halogenated alkanes) is 1. The lowest BCUT2D eigenvalue weighted by molar-refractivity contribution is 0.0526. The maximum Gasteiger partial charge on any atom is 0.338 e. The van der Waals surface area contributed by atoms with Crippen molar-refractivity contribution in [2.24, 2.45) is 0 Å². The number of rotatable bonds is 8. The quantitative estimate of drug-likeness (QED) is 0.584. The minimum Gasteiger partial charge on any atom is -0.462 e. The van der Waals surface area contributed by atoms with Crippen LogP contribution in [0.15, 0.2) is 18.2 Å². The highest BCUT2D eigenvalue weighted by atomic mass is 16.5. The fourth-order valence-electron chi connectivity index (χ4n) is 2.28. The lowest BCUT2D eigenvalue weighted by atomic mass is 10.1. The normalized spacial score (nSPS) is 12.0. The Hall–Kier alpha value is -1.71. The number of hydrogen-bond acceptors (Lipinski definition) is 4. The van der Waals surface area contributed by atoms with E-state index in [0.717, 1.165) is 31.5 Å². The number of benzene rings is 1. The first kappa shape index (κ1) is 17.3. The number of carbonyl (C=O) groups is 1. The Labute approximate surface area is 128 Å². The van der Waals surface area contributed by atoms with Gasteiger partial charge in [-0.25, -0.2) is 4.79 Å². The zero-order chi connectivity index (χ0) is 15.8. The maximum atomic E-state index is 11.7. The molecule has 4 heteroatoms. The molecular weight excluding hydrogens is 264 g/mol. The number of nitrogen functional groups attached to an aromatic ring is 1. The molecule has 4 nitrogen and oxygen atoms in total. The van der Waals surface area contributed by atoms with E-state index in [4.69, 9.17) is 10.5 Å². The molecule has 0 bridgehead atoms. The predicted molar refractivity (Wildman–Crippen MR) is 88.8 cm³/mol. The first-order valence-corrected chi connectivity index (χ1v) is 7.88. The third-order valence-corrected chi connectivity index (χ3v) is 3.72. The first-order chi connectivity index (χ1) is 10.0. The molecule has 1 aromatic rings. The average molecular weight is 292 g/mol. The van der Waals surface area contributed by atoms with Crippen molar-refractivity contribution in [1.29, 1.82) is 0 Å². The van der Waals surface area contributed by atoms with Crippen molar-refractivity contribution < 1.29 is 9.53 Å². The van der Waals surface area contributed by atoms with Crippen LogP contribution in [0.25, 0.3) is 0 Å². The molecule has 21 heavy (non-hydrogen) atoms. The highest BCUT2D eigenvalue weighted by molar-refractivity contribution is 5.92. The van der Waals surface area contributed by atoms with Gasteiger partial charge in [-0.05, 0) is 44.9 Å². The summed E-state index contributed by atoms with van der Waals surface area (Å²) < 4.78 is 5.01. The van der Waals surface area contributed by atoms with Crippen LogP contribution in [0.3, 0.4) is 0 Å². The van der Waals surface area contributed by atoms with Crippen molar-refractivity contribution in [3.05, 3.63) is 23.8 Å². The van der Waals surface area contributed by atoms with E-state index < -0.39 is 0 Å². The second-order valence-corrected chi connectivity index (χ2v) is 5.30. The van der Waals surface area contributed by atoms with Crippen LogP contribution in [0, 0.1) is 0 Å². The molecule has 118 valence electrons. The summed E-state index contributed by atoms with van der Waals surface area (Å²) in [7, 11) is 0.